The van der Waals surface area contributed by atoms with Gasteiger partial charge in [0, 0.05) is 12.6 Å². The molecule has 1 aromatic heterocycles. The highest BCUT2D eigenvalue weighted by Crippen LogP contribution is 2.13. The molecule has 0 aromatic carbocycles. The van der Waals surface area contributed by atoms with Crippen LogP contribution in [0.3, 0.4) is 0 Å². The van der Waals surface area contributed by atoms with Gasteiger partial charge in [0.1, 0.15) is 5.76 Å². The van der Waals surface area contributed by atoms with Crippen LogP contribution < -0.4 is 0 Å². The van der Waals surface area contributed by atoms with Crippen LogP contribution in [-0.2, 0) is 11.3 Å². The van der Waals surface area contributed by atoms with Gasteiger partial charge in [0.05, 0.1) is 13.0 Å². The van der Waals surface area contributed by atoms with E-state index in [-0.39, 0.29) is 18.2 Å². The van der Waals surface area contributed by atoms with Crippen LogP contribution in [0.1, 0.15) is 36.6 Å². The van der Waals surface area contributed by atoms with Gasteiger partial charge in [0.25, 0.3) is 0 Å². The molecule has 0 atom stereocenters. The molecule has 0 saturated carbocycles. The van der Waals surface area contributed by atoms with E-state index in [1.54, 1.807) is 6.07 Å². The molecule has 0 radical (unpaired) electrons. The largest absolute Gasteiger partial charge is 0.481 e. The standard InChI is InChI=1S/C12H17NO5/c1-8(2)13(6-5-11(14)15)7-9-3-4-10(18-9)12(16)17/h3-4,8H,5-7H2,1-2H3,(H,14,15)(H,16,17). The number of rotatable bonds is 7. The summed E-state index contributed by atoms with van der Waals surface area (Å²) in [6.07, 6.45) is 0.0463. The van der Waals surface area contributed by atoms with Crippen LogP contribution in [0.2, 0.25) is 0 Å². The number of carbonyl (C=O) groups is 2. The molecule has 1 rings (SSSR count). The summed E-state index contributed by atoms with van der Waals surface area (Å²) < 4.78 is 5.14. The third kappa shape index (κ3) is 4.21. The van der Waals surface area contributed by atoms with Crippen molar-refractivity contribution in [1.29, 1.82) is 0 Å². The van der Waals surface area contributed by atoms with E-state index in [9.17, 15) is 9.59 Å². The highest BCUT2D eigenvalue weighted by atomic mass is 16.4. The monoisotopic (exact) mass is 255 g/mol. The van der Waals surface area contributed by atoms with Gasteiger partial charge in [-0.15, -0.1) is 0 Å². The molecule has 1 aromatic rings. The van der Waals surface area contributed by atoms with Crippen LogP contribution >= 0.6 is 0 Å². The fourth-order valence-corrected chi connectivity index (χ4v) is 1.54. The maximum atomic E-state index is 10.7. The zero-order valence-corrected chi connectivity index (χ0v) is 10.4. The number of furan rings is 1. The number of hydrogen-bond acceptors (Lipinski definition) is 4. The van der Waals surface area contributed by atoms with E-state index >= 15 is 0 Å². The third-order valence-electron chi connectivity index (χ3n) is 2.57. The van der Waals surface area contributed by atoms with E-state index in [4.69, 9.17) is 14.6 Å². The summed E-state index contributed by atoms with van der Waals surface area (Å²) in [7, 11) is 0. The van der Waals surface area contributed by atoms with Crippen LogP contribution in [0.25, 0.3) is 0 Å². The third-order valence-corrected chi connectivity index (χ3v) is 2.57. The molecular formula is C12H17NO5. The highest BCUT2D eigenvalue weighted by Gasteiger charge is 2.15. The Morgan fingerprint density at radius 2 is 2.00 bits per heavy atom. The summed E-state index contributed by atoms with van der Waals surface area (Å²) in [5, 5.41) is 17.4. The Kier molecular flexibility index (Phi) is 4.91. The molecule has 0 aliphatic heterocycles. The lowest BCUT2D eigenvalue weighted by molar-refractivity contribution is -0.137. The van der Waals surface area contributed by atoms with Crippen molar-refractivity contribution < 1.29 is 24.2 Å². The number of aromatic carboxylic acids is 1. The molecule has 1 heterocycles. The minimum atomic E-state index is -1.11. The molecule has 100 valence electrons. The van der Waals surface area contributed by atoms with E-state index in [1.165, 1.54) is 6.07 Å². The topological polar surface area (TPSA) is 91.0 Å². The van der Waals surface area contributed by atoms with E-state index in [0.717, 1.165) is 0 Å². The molecule has 0 unspecified atom stereocenters. The minimum Gasteiger partial charge on any atom is -0.481 e. The van der Waals surface area contributed by atoms with Gasteiger partial charge >= 0.3 is 11.9 Å². The van der Waals surface area contributed by atoms with Crippen molar-refractivity contribution in [1.82, 2.24) is 4.90 Å². The Morgan fingerprint density at radius 3 is 2.44 bits per heavy atom. The summed E-state index contributed by atoms with van der Waals surface area (Å²) in [5.74, 6) is -1.55. The first kappa shape index (κ1) is 14.2. The molecule has 0 saturated heterocycles. The summed E-state index contributed by atoms with van der Waals surface area (Å²) >= 11 is 0. The SMILES string of the molecule is CC(C)N(CCC(=O)O)Cc1ccc(C(=O)O)o1. The fraction of sp³-hybridized carbons (Fsp3) is 0.500. The maximum Gasteiger partial charge on any atom is 0.371 e. The van der Waals surface area contributed by atoms with Gasteiger partial charge in [0.15, 0.2) is 0 Å². The lowest BCUT2D eigenvalue weighted by Gasteiger charge is -2.24. The summed E-state index contributed by atoms with van der Waals surface area (Å²) in [4.78, 5) is 23.1. The van der Waals surface area contributed by atoms with Crippen molar-refractivity contribution in [3.63, 3.8) is 0 Å². The van der Waals surface area contributed by atoms with Crippen molar-refractivity contribution >= 4 is 11.9 Å². The van der Waals surface area contributed by atoms with Gasteiger partial charge in [-0.1, -0.05) is 0 Å². The highest BCUT2D eigenvalue weighted by molar-refractivity contribution is 5.84. The van der Waals surface area contributed by atoms with Crippen molar-refractivity contribution in [3.8, 4) is 0 Å². The fourth-order valence-electron chi connectivity index (χ4n) is 1.54. The molecule has 0 bridgehead atoms. The number of nitrogens with zero attached hydrogens (tertiary/aromatic N) is 1. The lowest BCUT2D eigenvalue weighted by Crippen LogP contribution is -2.32. The average molecular weight is 255 g/mol. The average Bonchev–Trinajstić information content (AvgIpc) is 2.71. The quantitative estimate of drug-likeness (QED) is 0.770. The summed E-state index contributed by atoms with van der Waals surface area (Å²) in [6.45, 7) is 4.69. The molecule has 0 fully saturated rings. The molecular weight excluding hydrogens is 238 g/mol. The summed E-state index contributed by atoms with van der Waals surface area (Å²) in [5.41, 5.74) is 0. The number of carboxylic acid groups (broad SMARTS) is 2. The molecule has 0 spiro atoms. The first-order valence-corrected chi connectivity index (χ1v) is 5.68. The first-order chi connectivity index (χ1) is 8.40. The molecule has 6 heteroatoms. The molecule has 0 aliphatic carbocycles. The van der Waals surface area contributed by atoms with Crippen molar-refractivity contribution in [2.24, 2.45) is 0 Å². The molecule has 18 heavy (non-hydrogen) atoms. The van der Waals surface area contributed by atoms with E-state index in [0.29, 0.717) is 18.8 Å². The second kappa shape index (κ2) is 6.20. The second-order valence-electron chi connectivity index (χ2n) is 4.28. The normalized spacial score (nSPS) is 11.1. The van der Waals surface area contributed by atoms with Gasteiger partial charge in [-0.05, 0) is 26.0 Å². The Morgan fingerprint density at radius 1 is 1.33 bits per heavy atom. The van der Waals surface area contributed by atoms with Crippen molar-refractivity contribution in [3.05, 3.63) is 23.7 Å². The molecule has 6 nitrogen and oxygen atoms in total. The van der Waals surface area contributed by atoms with E-state index in [1.807, 2.05) is 18.7 Å². The zero-order valence-electron chi connectivity index (χ0n) is 10.4. The van der Waals surface area contributed by atoms with E-state index < -0.39 is 11.9 Å². The Hall–Kier alpha value is -1.82. The predicted octanol–water partition coefficient (Wildman–Crippen LogP) is 1.66. The zero-order chi connectivity index (χ0) is 13.7. The van der Waals surface area contributed by atoms with Crippen LogP contribution in [-0.4, -0.2) is 39.6 Å². The Bertz CT molecular complexity index is 424. The minimum absolute atomic E-state index is 0.0463. The predicted molar refractivity (Wildman–Crippen MR) is 63.5 cm³/mol. The van der Waals surface area contributed by atoms with E-state index in [2.05, 4.69) is 0 Å². The number of hydrogen-bond donors (Lipinski definition) is 2. The first-order valence-electron chi connectivity index (χ1n) is 5.68. The molecule has 0 amide bonds. The van der Waals surface area contributed by atoms with Crippen molar-refractivity contribution in [2.75, 3.05) is 6.54 Å². The van der Waals surface area contributed by atoms with Gasteiger partial charge in [-0.25, -0.2) is 4.79 Å². The van der Waals surface area contributed by atoms with Crippen LogP contribution in [0, 0.1) is 0 Å². The van der Waals surface area contributed by atoms with Crippen LogP contribution in [0.5, 0.6) is 0 Å². The van der Waals surface area contributed by atoms with Crippen LogP contribution in [0.4, 0.5) is 0 Å². The number of carboxylic acids is 2. The van der Waals surface area contributed by atoms with Gasteiger partial charge in [-0.3, -0.25) is 9.69 Å². The smallest absolute Gasteiger partial charge is 0.371 e. The molecule has 2 N–H and O–H groups in total. The maximum absolute atomic E-state index is 10.7. The van der Waals surface area contributed by atoms with Crippen LogP contribution in [0.15, 0.2) is 16.5 Å². The van der Waals surface area contributed by atoms with Gasteiger partial charge in [0.2, 0.25) is 5.76 Å². The van der Waals surface area contributed by atoms with Gasteiger partial charge < -0.3 is 14.6 Å². The Labute approximate surface area is 105 Å². The second-order valence-corrected chi connectivity index (χ2v) is 4.28. The summed E-state index contributed by atoms with van der Waals surface area (Å²) in [6, 6.07) is 3.15. The lowest BCUT2D eigenvalue weighted by atomic mass is 10.2. The van der Waals surface area contributed by atoms with Gasteiger partial charge in [-0.2, -0.15) is 0 Å². The Balaban J connectivity index is 2.64. The number of aliphatic carboxylic acids is 1. The van der Waals surface area contributed by atoms with Crippen molar-refractivity contribution in [2.45, 2.75) is 32.9 Å². The molecule has 0 aliphatic rings.